The number of nitrogens with one attached hydrogen (secondary N) is 1. The molecular formula is C11H13F5N2O3. The van der Waals surface area contributed by atoms with Crippen LogP contribution in [0.1, 0.15) is 12.8 Å². The van der Waals surface area contributed by atoms with Crippen LogP contribution in [0.3, 0.4) is 0 Å². The number of alkyl halides is 5. The van der Waals surface area contributed by atoms with E-state index in [9.17, 15) is 31.5 Å². The van der Waals surface area contributed by atoms with E-state index in [1.807, 2.05) is 0 Å². The Labute approximate surface area is 116 Å². The van der Waals surface area contributed by atoms with Crippen LogP contribution >= 0.6 is 0 Å². The highest BCUT2D eigenvalue weighted by molar-refractivity contribution is 5.91. The van der Waals surface area contributed by atoms with Crippen molar-refractivity contribution < 1.29 is 36.3 Å². The van der Waals surface area contributed by atoms with Crippen LogP contribution in [-0.4, -0.2) is 60.7 Å². The van der Waals surface area contributed by atoms with Gasteiger partial charge in [0.25, 0.3) is 0 Å². The van der Waals surface area contributed by atoms with E-state index >= 15 is 0 Å². The van der Waals surface area contributed by atoms with Crippen LogP contribution < -0.4 is 5.32 Å². The van der Waals surface area contributed by atoms with Gasteiger partial charge in [0.15, 0.2) is 0 Å². The molecule has 1 N–H and O–H groups in total. The average Bonchev–Trinajstić information content (AvgIpc) is 3.20. The molecule has 1 unspecified atom stereocenters. The Hall–Kier alpha value is -1.45. The lowest BCUT2D eigenvalue weighted by Crippen LogP contribution is -2.62. The predicted octanol–water partition coefficient (Wildman–Crippen LogP) is 0.690. The van der Waals surface area contributed by atoms with Crippen LogP contribution in [-0.2, 0) is 14.3 Å². The lowest BCUT2D eigenvalue weighted by Gasteiger charge is -2.36. The van der Waals surface area contributed by atoms with Gasteiger partial charge in [-0.25, -0.2) is 0 Å². The van der Waals surface area contributed by atoms with Crippen molar-refractivity contribution in [3.05, 3.63) is 0 Å². The van der Waals surface area contributed by atoms with Crippen LogP contribution in [0.2, 0.25) is 0 Å². The van der Waals surface area contributed by atoms with E-state index in [1.165, 1.54) is 0 Å². The molecular weight excluding hydrogens is 303 g/mol. The molecule has 2 rings (SSSR count). The average molecular weight is 316 g/mol. The van der Waals surface area contributed by atoms with Crippen LogP contribution in [0.25, 0.3) is 0 Å². The minimum absolute atomic E-state index is 0.112. The summed E-state index contributed by atoms with van der Waals surface area (Å²) in [5.74, 6) is -8.72. The standard InChI is InChI=1S/C11H13F5N2O3/c12-10(13,11(14,15)16)9(20)18-3-4-21-5-7(18)8(19)17-6-1-2-6/h6-7H,1-5H2,(H,17,19). The topological polar surface area (TPSA) is 58.6 Å². The lowest BCUT2D eigenvalue weighted by molar-refractivity contribution is -0.276. The summed E-state index contributed by atoms with van der Waals surface area (Å²) in [7, 11) is 0. The predicted molar refractivity (Wildman–Crippen MR) is 58.5 cm³/mol. The van der Waals surface area contributed by atoms with Crippen molar-refractivity contribution in [3.63, 3.8) is 0 Å². The number of rotatable bonds is 3. The molecule has 1 heterocycles. The second-order valence-corrected chi connectivity index (χ2v) is 4.94. The first-order valence-electron chi connectivity index (χ1n) is 6.28. The van der Waals surface area contributed by atoms with Gasteiger partial charge in [0.1, 0.15) is 6.04 Å². The largest absolute Gasteiger partial charge is 0.463 e. The fourth-order valence-corrected chi connectivity index (χ4v) is 1.89. The van der Waals surface area contributed by atoms with Crippen LogP contribution in [0.15, 0.2) is 0 Å². The normalized spacial score (nSPS) is 23.9. The van der Waals surface area contributed by atoms with Crippen molar-refractivity contribution in [2.24, 2.45) is 0 Å². The second kappa shape index (κ2) is 5.39. The first kappa shape index (κ1) is 15.9. The van der Waals surface area contributed by atoms with Crippen LogP contribution in [0.4, 0.5) is 22.0 Å². The molecule has 0 aromatic carbocycles. The molecule has 21 heavy (non-hydrogen) atoms. The van der Waals surface area contributed by atoms with E-state index in [0.717, 1.165) is 0 Å². The maximum Gasteiger partial charge on any atom is 0.463 e. The summed E-state index contributed by atoms with van der Waals surface area (Å²) in [5, 5.41) is 2.46. The molecule has 1 saturated heterocycles. The summed E-state index contributed by atoms with van der Waals surface area (Å²) >= 11 is 0. The number of ether oxygens (including phenoxy) is 1. The number of carbonyl (C=O) groups excluding carboxylic acids is 2. The van der Waals surface area contributed by atoms with Gasteiger partial charge in [-0.15, -0.1) is 0 Å². The summed E-state index contributed by atoms with van der Waals surface area (Å²) < 4.78 is 67.9. The maximum atomic E-state index is 13.1. The van der Waals surface area contributed by atoms with Crippen molar-refractivity contribution in [2.75, 3.05) is 19.8 Å². The van der Waals surface area contributed by atoms with Gasteiger partial charge < -0.3 is 15.0 Å². The highest BCUT2D eigenvalue weighted by Crippen LogP contribution is 2.37. The van der Waals surface area contributed by atoms with E-state index in [-0.39, 0.29) is 17.5 Å². The van der Waals surface area contributed by atoms with Gasteiger partial charge in [0, 0.05) is 12.6 Å². The third-order valence-electron chi connectivity index (χ3n) is 3.24. The Balaban J connectivity index is 2.13. The van der Waals surface area contributed by atoms with Gasteiger partial charge >= 0.3 is 18.0 Å². The number of halogens is 5. The molecule has 0 aromatic heterocycles. The van der Waals surface area contributed by atoms with Gasteiger partial charge in [-0.05, 0) is 12.8 Å². The molecule has 1 atom stereocenters. The van der Waals surface area contributed by atoms with E-state index in [0.29, 0.717) is 12.8 Å². The lowest BCUT2D eigenvalue weighted by atomic mass is 10.1. The molecule has 1 aliphatic heterocycles. The third kappa shape index (κ3) is 3.25. The van der Waals surface area contributed by atoms with Gasteiger partial charge in [-0.2, -0.15) is 22.0 Å². The fourth-order valence-electron chi connectivity index (χ4n) is 1.89. The molecule has 2 amide bonds. The minimum atomic E-state index is -6.00. The van der Waals surface area contributed by atoms with E-state index in [4.69, 9.17) is 4.74 Å². The van der Waals surface area contributed by atoms with Crippen molar-refractivity contribution in [3.8, 4) is 0 Å². The van der Waals surface area contributed by atoms with E-state index in [2.05, 4.69) is 5.32 Å². The Morgan fingerprint density at radius 3 is 2.29 bits per heavy atom. The molecule has 5 nitrogen and oxygen atoms in total. The molecule has 2 fully saturated rings. The highest BCUT2D eigenvalue weighted by atomic mass is 19.4. The Kier molecular flexibility index (Phi) is 4.09. The first-order valence-corrected chi connectivity index (χ1v) is 6.28. The quantitative estimate of drug-likeness (QED) is 0.780. The number of hydrogen-bond acceptors (Lipinski definition) is 3. The SMILES string of the molecule is O=C(NC1CC1)C1COCCN1C(=O)C(F)(F)C(F)(F)F. The van der Waals surface area contributed by atoms with Crippen molar-refractivity contribution in [2.45, 2.75) is 37.0 Å². The van der Waals surface area contributed by atoms with Crippen LogP contribution in [0.5, 0.6) is 0 Å². The zero-order chi connectivity index (χ0) is 15.8. The minimum Gasteiger partial charge on any atom is -0.377 e. The number of amides is 2. The van der Waals surface area contributed by atoms with Gasteiger partial charge in [-0.3, -0.25) is 9.59 Å². The van der Waals surface area contributed by atoms with Crippen molar-refractivity contribution in [1.29, 1.82) is 0 Å². The smallest absolute Gasteiger partial charge is 0.377 e. The van der Waals surface area contributed by atoms with Gasteiger partial charge in [-0.1, -0.05) is 0 Å². The maximum absolute atomic E-state index is 13.1. The van der Waals surface area contributed by atoms with Crippen molar-refractivity contribution >= 4 is 11.8 Å². The number of carbonyl (C=O) groups is 2. The zero-order valence-electron chi connectivity index (χ0n) is 10.8. The first-order chi connectivity index (χ1) is 9.64. The second-order valence-electron chi connectivity index (χ2n) is 4.94. The summed E-state index contributed by atoms with van der Waals surface area (Å²) in [4.78, 5) is 23.6. The molecule has 120 valence electrons. The summed E-state index contributed by atoms with van der Waals surface area (Å²) in [6.07, 6.45) is -4.57. The molecule has 0 aromatic rings. The van der Waals surface area contributed by atoms with E-state index < -0.39 is 43.1 Å². The Morgan fingerprint density at radius 2 is 1.76 bits per heavy atom. The van der Waals surface area contributed by atoms with Gasteiger partial charge in [0.05, 0.1) is 13.2 Å². The zero-order valence-corrected chi connectivity index (χ0v) is 10.8. The fraction of sp³-hybridized carbons (Fsp3) is 0.818. The van der Waals surface area contributed by atoms with E-state index in [1.54, 1.807) is 0 Å². The summed E-state index contributed by atoms with van der Waals surface area (Å²) in [6.45, 7) is -1.10. The molecule has 10 heteroatoms. The molecule has 1 aliphatic carbocycles. The number of hydrogen-bond donors (Lipinski definition) is 1. The van der Waals surface area contributed by atoms with Crippen LogP contribution in [0, 0.1) is 0 Å². The molecule has 0 radical (unpaired) electrons. The highest BCUT2D eigenvalue weighted by Gasteiger charge is 2.65. The van der Waals surface area contributed by atoms with Gasteiger partial charge in [0.2, 0.25) is 5.91 Å². The third-order valence-corrected chi connectivity index (χ3v) is 3.24. The molecule has 0 bridgehead atoms. The molecule has 2 aliphatic rings. The molecule has 0 spiro atoms. The number of nitrogens with zero attached hydrogens (tertiary/aromatic N) is 1. The number of morpholine rings is 1. The molecule has 1 saturated carbocycles. The van der Waals surface area contributed by atoms with Crippen molar-refractivity contribution in [1.82, 2.24) is 10.2 Å². The summed E-state index contributed by atoms with van der Waals surface area (Å²) in [5.41, 5.74) is 0. The Morgan fingerprint density at radius 1 is 1.14 bits per heavy atom. The monoisotopic (exact) mass is 316 g/mol. The Bertz CT molecular complexity index is 436. The summed E-state index contributed by atoms with van der Waals surface area (Å²) in [6, 6.07) is -1.58.